The van der Waals surface area contributed by atoms with E-state index in [0.717, 1.165) is 42.8 Å². The molecule has 1 saturated heterocycles. The number of aromatic nitrogens is 3. The van der Waals surface area contributed by atoms with Crippen molar-refractivity contribution in [2.45, 2.75) is 12.6 Å². The van der Waals surface area contributed by atoms with Gasteiger partial charge in [-0.25, -0.2) is 18.4 Å². The quantitative estimate of drug-likeness (QED) is 0.721. The van der Waals surface area contributed by atoms with Crippen molar-refractivity contribution in [3.63, 3.8) is 0 Å². The van der Waals surface area contributed by atoms with Gasteiger partial charge in [0, 0.05) is 19.1 Å². The number of para-hydroxylation sites is 1. The van der Waals surface area contributed by atoms with Crippen molar-refractivity contribution in [1.82, 2.24) is 25.0 Å². The fourth-order valence-corrected chi connectivity index (χ4v) is 4.13. The zero-order chi connectivity index (χ0) is 20.0. The van der Waals surface area contributed by atoms with Gasteiger partial charge in [-0.15, -0.1) is 5.10 Å². The summed E-state index contributed by atoms with van der Waals surface area (Å²) in [5, 5.41) is 7.37. The number of carbonyl (C=O) groups is 1. The van der Waals surface area contributed by atoms with Crippen LogP contribution in [0, 0.1) is 23.5 Å². The Balaban J connectivity index is 1.15. The SMILES string of the molecule is O=C(NC1[C@H]2CN(Cc3ncn(-c4ccccc4)n3)C[C@@H]12)c1cc(F)ccc1F. The number of benzene rings is 2. The lowest BCUT2D eigenvalue weighted by Crippen LogP contribution is -2.35. The summed E-state index contributed by atoms with van der Waals surface area (Å²) in [7, 11) is 0. The first-order valence-electron chi connectivity index (χ1n) is 9.53. The van der Waals surface area contributed by atoms with Crippen LogP contribution in [-0.2, 0) is 6.54 Å². The largest absolute Gasteiger partial charge is 0.349 e. The Morgan fingerprint density at radius 1 is 1.10 bits per heavy atom. The molecule has 3 aromatic rings. The lowest BCUT2D eigenvalue weighted by Gasteiger charge is -2.18. The van der Waals surface area contributed by atoms with Crippen LogP contribution < -0.4 is 5.32 Å². The van der Waals surface area contributed by atoms with Crippen LogP contribution in [-0.4, -0.2) is 44.7 Å². The number of halogens is 2. The van der Waals surface area contributed by atoms with Crippen LogP contribution in [0.1, 0.15) is 16.2 Å². The van der Waals surface area contributed by atoms with Gasteiger partial charge in [0.1, 0.15) is 18.0 Å². The molecule has 2 aromatic carbocycles. The summed E-state index contributed by atoms with van der Waals surface area (Å²) in [5.74, 6) is -0.495. The molecule has 5 rings (SSSR count). The highest BCUT2D eigenvalue weighted by Crippen LogP contribution is 2.45. The Bertz CT molecular complexity index is 1040. The van der Waals surface area contributed by atoms with E-state index in [9.17, 15) is 13.6 Å². The van der Waals surface area contributed by atoms with Gasteiger partial charge in [-0.2, -0.15) is 0 Å². The summed E-state index contributed by atoms with van der Waals surface area (Å²) in [5.41, 5.74) is 0.713. The second-order valence-corrected chi connectivity index (χ2v) is 7.59. The first-order valence-corrected chi connectivity index (χ1v) is 9.53. The van der Waals surface area contributed by atoms with Crippen LogP contribution in [0.25, 0.3) is 5.69 Å². The molecule has 2 fully saturated rings. The van der Waals surface area contributed by atoms with Crippen molar-refractivity contribution in [3.05, 3.63) is 77.9 Å². The summed E-state index contributed by atoms with van der Waals surface area (Å²) >= 11 is 0. The van der Waals surface area contributed by atoms with Gasteiger partial charge in [-0.05, 0) is 42.2 Å². The molecule has 0 radical (unpaired) electrons. The molecule has 3 atom stereocenters. The van der Waals surface area contributed by atoms with Gasteiger partial charge in [0.2, 0.25) is 0 Å². The monoisotopic (exact) mass is 395 g/mol. The molecule has 0 bridgehead atoms. The van der Waals surface area contributed by atoms with Crippen LogP contribution in [0.3, 0.4) is 0 Å². The van der Waals surface area contributed by atoms with Crippen LogP contribution in [0.5, 0.6) is 0 Å². The fourth-order valence-electron chi connectivity index (χ4n) is 4.13. The van der Waals surface area contributed by atoms with Gasteiger partial charge in [-0.3, -0.25) is 9.69 Å². The number of hydrogen-bond donors (Lipinski definition) is 1. The van der Waals surface area contributed by atoms with E-state index in [1.165, 1.54) is 0 Å². The molecule has 6 nitrogen and oxygen atoms in total. The molecule has 29 heavy (non-hydrogen) atoms. The Labute approximate surface area is 166 Å². The molecule has 1 aromatic heterocycles. The van der Waals surface area contributed by atoms with E-state index in [-0.39, 0.29) is 11.6 Å². The molecule has 148 valence electrons. The van der Waals surface area contributed by atoms with Gasteiger partial charge in [0.25, 0.3) is 5.91 Å². The zero-order valence-electron chi connectivity index (χ0n) is 15.5. The average Bonchev–Trinajstić information content (AvgIpc) is 3.08. The van der Waals surface area contributed by atoms with Crippen molar-refractivity contribution in [3.8, 4) is 5.69 Å². The average molecular weight is 395 g/mol. The Morgan fingerprint density at radius 2 is 1.86 bits per heavy atom. The molecule has 2 aliphatic rings. The van der Waals surface area contributed by atoms with E-state index in [4.69, 9.17) is 0 Å². The number of piperidine rings is 1. The van der Waals surface area contributed by atoms with Gasteiger partial charge < -0.3 is 5.32 Å². The van der Waals surface area contributed by atoms with Gasteiger partial charge >= 0.3 is 0 Å². The summed E-state index contributed by atoms with van der Waals surface area (Å²) in [6.45, 7) is 2.29. The highest BCUT2D eigenvalue weighted by Gasteiger charge is 2.56. The van der Waals surface area contributed by atoms with E-state index in [1.807, 2.05) is 30.3 Å². The summed E-state index contributed by atoms with van der Waals surface area (Å²) in [4.78, 5) is 18.9. The van der Waals surface area contributed by atoms with E-state index in [1.54, 1.807) is 11.0 Å². The standard InChI is InChI=1S/C21H19F2N5O/c22-13-6-7-18(23)15(8-13)21(29)25-20-16-9-27(10-17(16)20)11-19-24-12-28(26-19)14-4-2-1-3-5-14/h1-8,12,16-17,20H,9-11H2,(H,25,29)/t16-,17+,20?. The van der Waals surface area contributed by atoms with Crippen LogP contribution in [0.15, 0.2) is 54.9 Å². The van der Waals surface area contributed by atoms with E-state index >= 15 is 0 Å². The number of likely N-dealkylation sites (tertiary alicyclic amines) is 1. The first-order chi connectivity index (χ1) is 14.1. The summed E-state index contributed by atoms with van der Waals surface area (Å²) < 4.78 is 28.8. The Kier molecular flexibility index (Phi) is 4.35. The summed E-state index contributed by atoms with van der Waals surface area (Å²) in [6.07, 6.45) is 1.71. The smallest absolute Gasteiger partial charge is 0.254 e. The molecule has 2 heterocycles. The molecule has 1 unspecified atom stereocenters. The van der Waals surface area contributed by atoms with Crippen molar-refractivity contribution < 1.29 is 13.6 Å². The molecule has 1 aliphatic heterocycles. The fraction of sp³-hybridized carbons (Fsp3) is 0.286. The van der Waals surface area contributed by atoms with Crippen LogP contribution in [0.4, 0.5) is 8.78 Å². The van der Waals surface area contributed by atoms with Crippen molar-refractivity contribution in [2.75, 3.05) is 13.1 Å². The summed E-state index contributed by atoms with van der Waals surface area (Å²) in [6, 6.07) is 12.7. The lowest BCUT2D eigenvalue weighted by molar-refractivity contribution is 0.0938. The first kappa shape index (κ1) is 17.9. The van der Waals surface area contributed by atoms with Gasteiger partial charge in [0.15, 0.2) is 5.82 Å². The third-order valence-electron chi connectivity index (χ3n) is 5.67. The number of hydrogen-bond acceptors (Lipinski definition) is 4. The molecular formula is C21H19F2N5O. The maximum Gasteiger partial charge on any atom is 0.254 e. The zero-order valence-corrected chi connectivity index (χ0v) is 15.5. The number of fused-ring (bicyclic) bond motifs is 1. The van der Waals surface area contributed by atoms with Gasteiger partial charge in [0.05, 0.1) is 17.8 Å². The molecule has 1 amide bonds. The molecule has 1 saturated carbocycles. The van der Waals surface area contributed by atoms with Crippen LogP contribution >= 0.6 is 0 Å². The maximum absolute atomic E-state index is 13.8. The Morgan fingerprint density at radius 3 is 2.62 bits per heavy atom. The minimum atomic E-state index is -0.712. The number of nitrogens with zero attached hydrogens (tertiary/aromatic N) is 4. The number of amides is 1. The van der Waals surface area contributed by atoms with Crippen molar-refractivity contribution in [1.29, 1.82) is 0 Å². The Hall–Kier alpha value is -3.13. The van der Waals surface area contributed by atoms with Gasteiger partial charge in [-0.1, -0.05) is 18.2 Å². The van der Waals surface area contributed by atoms with E-state index in [2.05, 4.69) is 20.3 Å². The normalized spacial score (nSPS) is 23.0. The van der Waals surface area contributed by atoms with E-state index < -0.39 is 17.5 Å². The van der Waals surface area contributed by atoms with Crippen LogP contribution in [0.2, 0.25) is 0 Å². The number of nitrogens with one attached hydrogen (secondary N) is 1. The maximum atomic E-state index is 13.8. The molecule has 1 N–H and O–H groups in total. The predicted octanol–water partition coefficient (Wildman–Crippen LogP) is 2.41. The minimum Gasteiger partial charge on any atom is -0.349 e. The van der Waals surface area contributed by atoms with E-state index in [0.29, 0.717) is 18.4 Å². The third kappa shape index (κ3) is 3.51. The van der Waals surface area contributed by atoms with Crippen molar-refractivity contribution >= 4 is 5.91 Å². The lowest BCUT2D eigenvalue weighted by atomic mass is 10.2. The second-order valence-electron chi connectivity index (χ2n) is 7.59. The third-order valence-corrected chi connectivity index (χ3v) is 5.67. The highest BCUT2D eigenvalue weighted by molar-refractivity contribution is 5.95. The molecule has 1 aliphatic carbocycles. The molecule has 8 heteroatoms. The predicted molar refractivity (Wildman–Crippen MR) is 101 cm³/mol. The topological polar surface area (TPSA) is 63.1 Å². The second kappa shape index (κ2) is 7.04. The highest BCUT2D eigenvalue weighted by atomic mass is 19.1. The number of carbonyl (C=O) groups excluding carboxylic acids is 1. The molecule has 0 spiro atoms. The minimum absolute atomic E-state index is 0.0104. The number of rotatable bonds is 5. The van der Waals surface area contributed by atoms with Crippen molar-refractivity contribution in [2.24, 2.45) is 11.8 Å². The molecular weight excluding hydrogens is 376 g/mol.